The fourth-order valence-electron chi connectivity index (χ4n) is 2.31. The van der Waals surface area contributed by atoms with Crippen molar-refractivity contribution in [3.05, 3.63) is 35.4 Å². The number of hydrogen-bond donors (Lipinski definition) is 1. The van der Waals surface area contributed by atoms with Gasteiger partial charge in [-0.25, -0.2) is 4.39 Å². The Morgan fingerprint density at radius 2 is 1.59 bits per heavy atom. The fraction of sp³-hybridized carbons (Fsp3) is 0.600. The molecule has 1 fully saturated rings. The molecule has 0 aromatic heterocycles. The lowest BCUT2D eigenvalue weighted by atomic mass is 9.84. The van der Waals surface area contributed by atoms with Crippen molar-refractivity contribution in [2.75, 3.05) is 6.54 Å². The normalized spacial score (nSPS) is 20.1. The summed E-state index contributed by atoms with van der Waals surface area (Å²) >= 11 is 0. The van der Waals surface area contributed by atoms with Crippen LogP contribution >= 0.6 is 0 Å². The molecular formula is C15H22FN. The van der Waals surface area contributed by atoms with Crippen LogP contribution in [0.25, 0.3) is 0 Å². The number of halogens is 1. The molecule has 1 atom stereocenters. The second kappa shape index (κ2) is 4.09. The Morgan fingerprint density at radius 3 is 1.94 bits per heavy atom. The minimum atomic E-state index is -1.31. The molecule has 1 nitrogen and oxygen atoms in total. The monoisotopic (exact) mass is 235 g/mol. The van der Waals surface area contributed by atoms with Gasteiger partial charge in [-0.1, -0.05) is 45.0 Å². The maximum absolute atomic E-state index is 14.7. The van der Waals surface area contributed by atoms with Crippen molar-refractivity contribution in [3.8, 4) is 0 Å². The Balaban J connectivity index is 2.28. The van der Waals surface area contributed by atoms with Gasteiger partial charge >= 0.3 is 0 Å². The maximum atomic E-state index is 14.7. The third-order valence-corrected chi connectivity index (χ3v) is 3.75. The second-order valence-electron chi connectivity index (χ2n) is 6.17. The molecule has 0 radical (unpaired) electrons. The van der Waals surface area contributed by atoms with Gasteiger partial charge in [0, 0.05) is 6.54 Å². The van der Waals surface area contributed by atoms with Gasteiger partial charge in [0.05, 0.1) is 0 Å². The topological polar surface area (TPSA) is 26.0 Å². The molecule has 2 heteroatoms. The number of rotatable bonds is 3. The molecule has 1 aromatic carbocycles. The molecule has 1 aromatic rings. The molecule has 17 heavy (non-hydrogen) atoms. The van der Waals surface area contributed by atoms with E-state index in [2.05, 4.69) is 20.8 Å². The largest absolute Gasteiger partial charge is 0.327 e. The van der Waals surface area contributed by atoms with E-state index in [0.29, 0.717) is 0 Å². The first-order valence-electron chi connectivity index (χ1n) is 6.38. The molecule has 94 valence electrons. The zero-order valence-corrected chi connectivity index (χ0v) is 11.0. The standard InChI is InChI=1S/C15H22FN/c1-14(2,3)11-4-6-12(7-5-11)15(16,10-17)13-8-9-13/h4-7,13H,8-10,17H2,1-3H3. The van der Waals surface area contributed by atoms with Crippen molar-refractivity contribution in [1.29, 1.82) is 0 Å². The van der Waals surface area contributed by atoms with Crippen LogP contribution in [0, 0.1) is 5.92 Å². The number of alkyl halides is 1. The third-order valence-electron chi connectivity index (χ3n) is 3.75. The Morgan fingerprint density at radius 1 is 1.12 bits per heavy atom. The molecule has 1 saturated carbocycles. The number of benzene rings is 1. The van der Waals surface area contributed by atoms with E-state index in [4.69, 9.17) is 5.73 Å². The van der Waals surface area contributed by atoms with Crippen LogP contribution < -0.4 is 5.73 Å². The summed E-state index contributed by atoms with van der Waals surface area (Å²) in [6, 6.07) is 7.88. The highest BCUT2D eigenvalue weighted by Crippen LogP contribution is 2.48. The summed E-state index contributed by atoms with van der Waals surface area (Å²) in [7, 11) is 0. The van der Waals surface area contributed by atoms with E-state index in [-0.39, 0.29) is 17.9 Å². The number of nitrogens with two attached hydrogens (primary N) is 1. The highest BCUT2D eigenvalue weighted by Gasteiger charge is 2.46. The molecule has 1 unspecified atom stereocenters. The van der Waals surface area contributed by atoms with Crippen molar-refractivity contribution in [1.82, 2.24) is 0 Å². The van der Waals surface area contributed by atoms with E-state index < -0.39 is 5.67 Å². The van der Waals surface area contributed by atoms with Gasteiger partial charge in [0.1, 0.15) is 0 Å². The summed E-state index contributed by atoms with van der Waals surface area (Å²) in [5.74, 6) is 0.132. The van der Waals surface area contributed by atoms with E-state index in [0.717, 1.165) is 18.4 Å². The lowest BCUT2D eigenvalue weighted by Crippen LogP contribution is -2.32. The summed E-state index contributed by atoms with van der Waals surface area (Å²) in [5, 5.41) is 0. The Bertz CT molecular complexity index is 386. The van der Waals surface area contributed by atoms with Crippen molar-refractivity contribution in [3.63, 3.8) is 0 Å². The van der Waals surface area contributed by atoms with E-state index in [1.165, 1.54) is 5.56 Å². The molecular weight excluding hydrogens is 213 g/mol. The quantitative estimate of drug-likeness (QED) is 0.852. The summed E-state index contributed by atoms with van der Waals surface area (Å²) in [5.41, 5.74) is 6.41. The molecule has 1 aliphatic carbocycles. The first-order chi connectivity index (χ1) is 7.88. The Hall–Kier alpha value is -0.890. The smallest absolute Gasteiger partial charge is 0.150 e. The number of hydrogen-bond acceptors (Lipinski definition) is 1. The average Bonchev–Trinajstić information content (AvgIpc) is 3.11. The van der Waals surface area contributed by atoms with E-state index >= 15 is 0 Å². The molecule has 2 rings (SSSR count). The van der Waals surface area contributed by atoms with Crippen molar-refractivity contribution < 1.29 is 4.39 Å². The predicted molar refractivity (Wildman–Crippen MR) is 69.7 cm³/mol. The van der Waals surface area contributed by atoms with E-state index in [9.17, 15) is 4.39 Å². The van der Waals surface area contributed by atoms with Crippen LogP contribution in [-0.2, 0) is 11.1 Å². The predicted octanol–water partition coefficient (Wildman–Crippen LogP) is 3.52. The van der Waals surface area contributed by atoms with Gasteiger partial charge in [-0.3, -0.25) is 0 Å². The van der Waals surface area contributed by atoms with E-state index in [1.807, 2.05) is 24.3 Å². The van der Waals surface area contributed by atoms with Gasteiger partial charge in [-0.2, -0.15) is 0 Å². The second-order valence-corrected chi connectivity index (χ2v) is 6.17. The van der Waals surface area contributed by atoms with Crippen LogP contribution in [0.5, 0.6) is 0 Å². The third kappa shape index (κ3) is 2.37. The molecule has 0 saturated heterocycles. The van der Waals surface area contributed by atoms with Gasteiger partial charge < -0.3 is 5.73 Å². The van der Waals surface area contributed by atoms with Gasteiger partial charge in [0.25, 0.3) is 0 Å². The SMILES string of the molecule is CC(C)(C)c1ccc(C(F)(CN)C2CC2)cc1. The fourth-order valence-corrected chi connectivity index (χ4v) is 2.31. The first-order valence-corrected chi connectivity index (χ1v) is 6.38. The minimum absolute atomic E-state index is 0.0898. The van der Waals surface area contributed by atoms with Crippen LogP contribution in [0.3, 0.4) is 0 Å². The van der Waals surface area contributed by atoms with Crippen molar-refractivity contribution >= 4 is 0 Å². The Kier molecular flexibility index (Phi) is 3.03. The van der Waals surface area contributed by atoms with Crippen molar-refractivity contribution in [2.24, 2.45) is 11.7 Å². The van der Waals surface area contributed by atoms with Crippen LogP contribution in [-0.4, -0.2) is 6.54 Å². The van der Waals surface area contributed by atoms with Gasteiger partial charge in [0.2, 0.25) is 0 Å². The molecule has 1 aliphatic rings. The molecule has 2 N–H and O–H groups in total. The Labute approximate surface area is 103 Å². The first kappa shape index (κ1) is 12.6. The van der Waals surface area contributed by atoms with Crippen LogP contribution in [0.2, 0.25) is 0 Å². The van der Waals surface area contributed by atoms with Crippen molar-refractivity contribution in [2.45, 2.75) is 44.7 Å². The zero-order chi connectivity index (χ0) is 12.7. The molecule has 0 amide bonds. The lowest BCUT2D eigenvalue weighted by molar-refractivity contribution is 0.143. The maximum Gasteiger partial charge on any atom is 0.150 e. The highest BCUT2D eigenvalue weighted by molar-refractivity contribution is 5.32. The lowest BCUT2D eigenvalue weighted by Gasteiger charge is -2.26. The molecule has 0 spiro atoms. The minimum Gasteiger partial charge on any atom is -0.327 e. The summed E-state index contributed by atoms with van der Waals surface area (Å²) in [6.45, 7) is 6.57. The molecule has 0 heterocycles. The summed E-state index contributed by atoms with van der Waals surface area (Å²) in [6.07, 6.45) is 1.93. The van der Waals surface area contributed by atoms with E-state index in [1.54, 1.807) is 0 Å². The zero-order valence-electron chi connectivity index (χ0n) is 11.0. The molecule has 0 aliphatic heterocycles. The van der Waals surface area contributed by atoms with Crippen LogP contribution in [0.1, 0.15) is 44.7 Å². The van der Waals surface area contributed by atoms with Gasteiger partial charge in [0.15, 0.2) is 5.67 Å². The molecule has 0 bridgehead atoms. The van der Waals surface area contributed by atoms with Crippen LogP contribution in [0.4, 0.5) is 4.39 Å². The average molecular weight is 235 g/mol. The summed E-state index contributed by atoms with van der Waals surface area (Å²) < 4.78 is 14.7. The van der Waals surface area contributed by atoms with Crippen LogP contribution in [0.15, 0.2) is 24.3 Å². The van der Waals surface area contributed by atoms with Gasteiger partial charge in [-0.05, 0) is 35.3 Å². The summed E-state index contributed by atoms with van der Waals surface area (Å²) in [4.78, 5) is 0. The van der Waals surface area contributed by atoms with Gasteiger partial charge in [-0.15, -0.1) is 0 Å². The highest BCUT2D eigenvalue weighted by atomic mass is 19.1.